The van der Waals surface area contributed by atoms with Crippen LogP contribution in [0, 0.1) is 5.82 Å². The summed E-state index contributed by atoms with van der Waals surface area (Å²) in [5.41, 5.74) is 2.94. The van der Waals surface area contributed by atoms with E-state index in [9.17, 15) is 17.9 Å². The number of imidazole rings is 1. The summed E-state index contributed by atoms with van der Waals surface area (Å²) in [6.45, 7) is 0.646. The molecule has 0 aliphatic carbocycles. The topological polar surface area (TPSA) is 133 Å². The summed E-state index contributed by atoms with van der Waals surface area (Å²) in [5.74, 6) is -0.275. The average molecular weight is 624 g/mol. The molecule has 0 radical (unpaired) electrons. The van der Waals surface area contributed by atoms with E-state index in [4.69, 9.17) is 4.98 Å². The number of aromatic amines is 1. The molecule has 4 N–H and O–H groups in total. The summed E-state index contributed by atoms with van der Waals surface area (Å²) in [5, 5.41) is 13.1. The Kier molecular flexibility index (Phi) is 8.19. The van der Waals surface area contributed by atoms with Gasteiger partial charge >= 0.3 is 0 Å². The van der Waals surface area contributed by atoms with Crippen molar-refractivity contribution in [3.63, 3.8) is 0 Å². The fourth-order valence-corrected chi connectivity index (χ4v) is 5.27. The van der Waals surface area contributed by atoms with Crippen LogP contribution in [0.5, 0.6) is 5.75 Å². The van der Waals surface area contributed by atoms with Crippen LogP contribution < -0.4 is 10.0 Å². The largest absolute Gasteiger partial charge is 0.505 e. The van der Waals surface area contributed by atoms with Crippen LogP contribution >= 0.6 is 15.9 Å². The second kappa shape index (κ2) is 11.9. The third-order valence-electron chi connectivity index (χ3n) is 5.94. The molecule has 0 spiro atoms. The Morgan fingerprint density at radius 2 is 1.70 bits per heavy atom. The number of anilines is 1. The molecule has 2 aromatic heterocycles. The molecular weight excluding hydrogens is 599 g/mol. The lowest BCUT2D eigenvalue weighted by molar-refractivity contribution is 0.432. The summed E-state index contributed by atoms with van der Waals surface area (Å²) < 4.78 is 42.0. The minimum atomic E-state index is -3.60. The van der Waals surface area contributed by atoms with Gasteiger partial charge in [0.1, 0.15) is 5.82 Å². The van der Waals surface area contributed by atoms with Crippen molar-refractivity contribution in [1.29, 1.82) is 0 Å². The van der Waals surface area contributed by atoms with Crippen molar-refractivity contribution in [1.82, 2.24) is 24.7 Å². The Morgan fingerprint density at radius 3 is 2.45 bits per heavy atom. The van der Waals surface area contributed by atoms with Crippen molar-refractivity contribution in [3.8, 4) is 39.8 Å². The maximum Gasteiger partial charge on any atom is 0.240 e. The Balaban J connectivity index is 1.32. The number of rotatable bonds is 10. The zero-order valence-corrected chi connectivity index (χ0v) is 23.4. The number of phenols is 1. The van der Waals surface area contributed by atoms with E-state index in [1.54, 1.807) is 30.5 Å². The Bertz CT molecular complexity index is 1730. The molecule has 0 aliphatic rings. The highest BCUT2D eigenvalue weighted by molar-refractivity contribution is 9.10. The Hall–Kier alpha value is -4.13. The molecule has 12 heteroatoms. The molecule has 3 aromatic carbocycles. The van der Waals surface area contributed by atoms with Gasteiger partial charge in [-0.2, -0.15) is 0 Å². The van der Waals surface area contributed by atoms with Crippen molar-refractivity contribution in [2.24, 2.45) is 0 Å². The molecule has 0 aliphatic heterocycles. The number of nitrogens with one attached hydrogen (secondary N) is 3. The van der Waals surface area contributed by atoms with E-state index in [2.05, 4.69) is 40.9 Å². The highest BCUT2D eigenvalue weighted by atomic mass is 79.9. The summed E-state index contributed by atoms with van der Waals surface area (Å²) in [6.07, 6.45) is 2.08. The summed E-state index contributed by atoms with van der Waals surface area (Å²) in [6, 6.07) is 21.7. The van der Waals surface area contributed by atoms with Gasteiger partial charge in [-0.1, -0.05) is 46.3 Å². The number of hydrogen-bond acceptors (Lipinski definition) is 7. The molecule has 5 rings (SSSR count). The predicted molar refractivity (Wildman–Crippen MR) is 155 cm³/mol. The first kappa shape index (κ1) is 27.4. The number of halogens is 2. The van der Waals surface area contributed by atoms with Crippen LogP contribution in [0.2, 0.25) is 0 Å². The minimum absolute atomic E-state index is 0.194. The second-order valence-corrected chi connectivity index (χ2v) is 11.4. The zero-order valence-electron chi connectivity index (χ0n) is 21.0. The Morgan fingerprint density at radius 1 is 0.925 bits per heavy atom. The van der Waals surface area contributed by atoms with Gasteiger partial charge in [0.2, 0.25) is 16.0 Å². The predicted octanol–water partition coefficient (Wildman–Crippen LogP) is 5.59. The minimum Gasteiger partial charge on any atom is -0.505 e. The molecule has 0 fully saturated rings. The molecule has 0 atom stereocenters. The zero-order chi connectivity index (χ0) is 28.1. The third-order valence-corrected chi connectivity index (χ3v) is 7.94. The van der Waals surface area contributed by atoms with Crippen LogP contribution in [0.25, 0.3) is 34.0 Å². The molecule has 5 aromatic rings. The van der Waals surface area contributed by atoms with E-state index in [0.29, 0.717) is 47.4 Å². The average Bonchev–Trinajstić information content (AvgIpc) is 3.41. The number of phenolic OH excluding ortho intramolecular Hbond substituents is 1. The van der Waals surface area contributed by atoms with Gasteiger partial charge in [-0.3, -0.25) is 0 Å². The van der Waals surface area contributed by atoms with Gasteiger partial charge in [0, 0.05) is 34.9 Å². The fourth-order valence-electron chi connectivity index (χ4n) is 3.94. The van der Waals surface area contributed by atoms with E-state index < -0.39 is 21.6 Å². The van der Waals surface area contributed by atoms with Crippen LogP contribution in [0.1, 0.15) is 6.42 Å². The van der Waals surface area contributed by atoms with Gasteiger partial charge in [0.25, 0.3) is 0 Å². The summed E-state index contributed by atoms with van der Waals surface area (Å²) in [4.78, 5) is 17.1. The highest BCUT2D eigenvalue weighted by Crippen LogP contribution is 2.34. The molecule has 0 amide bonds. The SMILES string of the molecule is O=S(=O)(NCCCNc1nccc(-c2[nH]c(-c3ccccc3)nc2-c2ccc(F)c(O)c2)n1)c1ccc(Br)cc1. The molecular formula is C28H24BrFN6O3S. The van der Waals surface area contributed by atoms with Gasteiger partial charge in [-0.15, -0.1) is 0 Å². The highest BCUT2D eigenvalue weighted by Gasteiger charge is 2.18. The normalized spacial score (nSPS) is 11.4. The van der Waals surface area contributed by atoms with E-state index in [1.807, 2.05) is 30.3 Å². The number of nitrogens with zero attached hydrogens (tertiary/aromatic N) is 3. The molecule has 0 unspecified atom stereocenters. The third kappa shape index (κ3) is 6.36. The van der Waals surface area contributed by atoms with Crippen molar-refractivity contribution >= 4 is 31.9 Å². The molecule has 2 heterocycles. The first-order valence-corrected chi connectivity index (χ1v) is 14.5. The molecule has 204 valence electrons. The van der Waals surface area contributed by atoms with Crippen LogP contribution in [0.15, 0.2) is 94.4 Å². The lowest BCUT2D eigenvalue weighted by Crippen LogP contribution is -2.26. The Labute approximate surface area is 238 Å². The molecule has 40 heavy (non-hydrogen) atoms. The first-order valence-electron chi connectivity index (χ1n) is 12.3. The smallest absolute Gasteiger partial charge is 0.240 e. The molecule has 0 saturated carbocycles. The van der Waals surface area contributed by atoms with Crippen LogP contribution in [0.3, 0.4) is 0 Å². The summed E-state index contributed by atoms with van der Waals surface area (Å²) in [7, 11) is -3.60. The fraction of sp³-hybridized carbons (Fsp3) is 0.107. The van der Waals surface area contributed by atoms with Gasteiger partial charge < -0.3 is 15.4 Å². The number of sulfonamides is 1. The molecule has 0 bridgehead atoms. The summed E-state index contributed by atoms with van der Waals surface area (Å²) >= 11 is 3.30. The number of benzene rings is 3. The maximum absolute atomic E-state index is 13.8. The van der Waals surface area contributed by atoms with Crippen LogP contribution in [0.4, 0.5) is 10.3 Å². The first-order chi connectivity index (χ1) is 19.3. The standard InChI is InChI=1S/C28H24BrFN6O3S/c29-20-8-10-21(11-9-20)40(38,39)33-15-4-14-31-28-32-16-13-23(34-28)26-25(19-7-12-22(30)24(37)17-19)35-27(36-26)18-5-2-1-3-6-18/h1-3,5-13,16-17,33,37H,4,14-15H2,(H,35,36)(H,31,32,34). The van der Waals surface area contributed by atoms with Gasteiger partial charge in [0.05, 0.1) is 22.0 Å². The van der Waals surface area contributed by atoms with Crippen LogP contribution in [-0.4, -0.2) is 46.5 Å². The van der Waals surface area contributed by atoms with Crippen LogP contribution in [-0.2, 0) is 10.0 Å². The van der Waals surface area contributed by atoms with Crippen molar-refractivity contribution in [2.45, 2.75) is 11.3 Å². The van der Waals surface area contributed by atoms with Gasteiger partial charge in [-0.25, -0.2) is 32.5 Å². The monoisotopic (exact) mass is 622 g/mol. The van der Waals surface area contributed by atoms with Gasteiger partial charge in [0.15, 0.2) is 11.6 Å². The van der Waals surface area contributed by atoms with E-state index >= 15 is 0 Å². The quantitative estimate of drug-likeness (QED) is 0.149. The lowest BCUT2D eigenvalue weighted by atomic mass is 10.1. The molecule has 9 nitrogen and oxygen atoms in total. The molecule has 0 saturated heterocycles. The van der Waals surface area contributed by atoms with E-state index in [-0.39, 0.29) is 11.4 Å². The second-order valence-electron chi connectivity index (χ2n) is 8.74. The van der Waals surface area contributed by atoms with E-state index in [0.717, 1.165) is 10.0 Å². The number of aromatic hydroxyl groups is 1. The van der Waals surface area contributed by atoms with E-state index in [1.165, 1.54) is 24.3 Å². The van der Waals surface area contributed by atoms with Gasteiger partial charge in [-0.05, 0) is 55.0 Å². The number of H-pyrrole nitrogens is 1. The van der Waals surface area contributed by atoms with Crippen molar-refractivity contribution in [2.75, 3.05) is 18.4 Å². The number of hydrogen-bond donors (Lipinski definition) is 4. The van der Waals surface area contributed by atoms with Crippen molar-refractivity contribution < 1.29 is 17.9 Å². The number of aromatic nitrogens is 4. The lowest BCUT2D eigenvalue weighted by Gasteiger charge is -2.09. The van der Waals surface area contributed by atoms with Crippen molar-refractivity contribution in [3.05, 3.63) is 95.3 Å². The maximum atomic E-state index is 13.8.